The monoisotopic (exact) mass is 293 g/mol. The van der Waals surface area contributed by atoms with Gasteiger partial charge in [0.2, 0.25) is 0 Å². The highest BCUT2D eigenvalue weighted by molar-refractivity contribution is 7.80. The third-order valence-corrected chi connectivity index (χ3v) is 3.66. The summed E-state index contributed by atoms with van der Waals surface area (Å²) in [5.41, 5.74) is 9.26. The third kappa shape index (κ3) is 5.57. The lowest BCUT2D eigenvalue weighted by Gasteiger charge is -2.24. The maximum absolute atomic E-state index is 5.68. The Kier molecular flexibility index (Phi) is 7.13. The molecular formula is C16H27N3S. The topological polar surface area (TPSA) is 32.5 Å². The molecule has 0 spiro atoms. The van der Waals surface area contributed by atoms with Crippen LogP contribution >= 0.6 is 12.2 Å². The lowest BCUT2D eigenvalue weighted by molar-refractivity contribution is 0.233. The van der Waals surface area contributed by atoms with Crippen molar-refractivity contribution >= 4 is 17.2 Å². The summed E-state index contributed by atoms with van der Waals surface area (Å²) in [6.45, 7) is 8.66. The quantitative estimate of drug-likeness (QED) is 0.746. The van der Waals surface area contributed by atoms with Gasteiger partial charge in [-0.05, 0) is 51.2 Å². The number of thiocarbonyl (C=S) groups is 1. The molecule has 0 fully saturated rings. The fourth-order valence-corrected chi connectivity index (χ4v) is 2.32. The molecule has 0 aliphatic heterocycles. The molecule has 1 aromatic rings. The van der Waals surface area contributed by atoms with E-state index in [2.05, 4.69) is 49.9 Å². The molecule has 3 nitrogen and oxygen atoms in total. The number of likely N-dealkylation sites (N-methyl/N-ethyl adjacent to an activating group) is 1. The Morgan fingerprint density at radius 1 is 1.20 bits per heavy atom. The van der Waals surface area contributed by atoms with Crippen molar-refractivity contribution in [3.63, 3.8) is 0 Å². The van der Waals surface area contributed by atoms with Gasteiger partial charge in [0.05, 0.1) is 0 Å². The molecule has 20 heavy (non-hydrogen) atoms. The van der Waals surface area contributed by atoms with Crippen LogP contribution in [0.3, 0.4) is 0 Å². The third-order valence-electron chi connectivity index (χ3n) is 3.42. The molecule has 1 aromatic carbocycles. The van der Waals surface area contributed by atoms with Crippen LogP contribution < -0.4 is 5.73 Å². The fourth-order valence-electron chi connectivity index (χ4n) is 2.20. The van der Waals surface area contributed by atoms with Gasteiger partial charge in [-0.25, -0.2) is 0 Å². The van der Waals surface area contributed by atoms with E-state index >= 15 is 0 Å². The second kappa shape index (κ2) is 8.35. The second-order valence-electron chi connectivity index (χ2n) is 5.58. The smallest absolute Gasteiger partial charge is 0.103 e. The number of hydrogen-bond acceptors (Lipinski definition) is 3. The van der Waals surface area contributed by atoms with E-state index in [9.17, 15) is 0 Å². The summed E-state index contributed by atoms with van der Waals surface area (Å²) < 4.78 is 0. The average molecular weight is 293 g/mol. The summed E-state index contributed by atoms with van der Waals surface area (Å²) in [5.74, 6) is 0. The number of rotatable bonds is 8. The van der Waals surface area contributed by atoms with Crippen LogP contribution in [-0.2, 0) is 6.54 Å². The molecule has 0 radical (unpaired) electrons. The predicted octanol–water partition coefficient (Wildman–Crippen LogP) is 2.40. The zero-order chi connectivity index (χ0) is 15.1. The van der Waals surface area contributed by atoms with Gasteiger partial charge in [-0.2, -0.15) is 0 Å². The molecule has 0 heterocycles. The predicted molar refractivity (Wildman–Crippen MR) is 91.2 cm³/mol. The Morgan fingerprint density at radius 2 is 1.90 bits per heavy atom. The van der Waals surface area contributed by atoms with E-state index in [4.69, 9.17) is 18.0 Å². The lowest BCUT2D eigenvalue weighted by Crippen LogP contribution is -2.32. The molecule has 112 valence electrons. The number of hydrogen-bond donors (Lipinski definition) is 1. The standard InChI is InChI=1S/C16H27N3S/c1-5-8-19(10-9-18(3)4)12-15-7-6-14(16(17)20)11-13(15)2/h6-7,11H,5,8-10,12H2,1-4H3,(H2,17,20). The van der Waals surface area contributed by atoms with E-state index in [1.807, 2.05) is 6.07 Å². The van der Waals surface area contributed by atoms with Crippen LogP contribution in [0.25, 0.3) is 0 Å². The van der Waals surface area contributed by atoms with Crippen molar-refractivity contribution < 1.29 is 0 Å². The van der Waals surface area contributed by atoms with Crippen molar-refractivity contribution in [2.24, 2.45) is 5.73 Å². The molecule has 0 amide bonds. The van der Waals surface area contributed by atoms with Gasteiger partial charge in [-0.1, -0.05) is 31.3 Å². The SMILES string of the molecule is CCCN(CCN(C)C)Cc1ccc(C(N)=S)cc1C. The minimum absolute atomic E-state index is 0.470. The normalized spacial score (nSPS) is 11.3. The van der Waals surface area contributed by atoms with Crippen LogP contribution in [0.4, 0.5) is 0 Å². The van der Waals surface area contributed by atoms with Gasteiger partial charge in [0.1, 0.15) is 4.99 Å². The Labute approximate surface area is 128 Å². The molecule has 0 atom stereocenters. The van der Waals surface area contributed by atoms with E-state index in [1.165, 1.54) is 17.5 Å². The largest absolute Gasteiger partial charge is 0.389 e. The van der Waals surface area contributed by atoms with Crippen LogP contribution in [0.1, 0.15) is 30.0 Å². The highest BCUT2D eigenvalue weighted by atomic mass is 32.1. The molecular weight excluding hydrogens is 266 g/mol. The maximum Gasteiger partial charge on any atom is 0.103 e. The first-order valence-electron chi connectivity index (χ1n) is 7.20. The highest BCUT2D eigenvalue weighted by Gasteiger charge is 2.08. The van der Waals surface area contributed by atoms with Crippen LogP contribution in [-0.4, -0.2) is 48.5 Å². The Hall–Kier alpha value is -0.970. The molecule has 0 unspecified atom stereocenters. The molecule has 2 N–H and O–H groups in total. The summed E-state index contributed by atoms with van der Waals surface area (Å²) in [6, 6.07) is 6.27. The summed E-state index contributed by atoms with van der Waals surface area (Å²) in [7, 11) is 4.23. The summed E-state index contributed by atoms with van der Waals surface area (Å²) in [5, 5.41) is 0. The first-order valence-corrected chi connectivity index (χ1v) is 7.61. The Bertz CT molecular complexity index is 443. The van der Waals surface area contributed by atoms with E-state index in [-0.39, 0.29) is 0 Å². The molecule has 0 saturated heterocycles. The minimum Gasteiger partial charge on any atom is -0.389 e. The minimum atomic E-state index is 0.470. The van der Waals surface area contributed by atoms with Gasteiger partial charge in [-0.3, -0.25) is 4.90 Å². The zero-order valence-corrected chi connectivity index (χ0v) is 14.0. The molecule has 0 aliphatic carbocycles. The number of nitrogens with zero attached hydrogens (tertiary/aromatic N) is 2. The number of aryl methyl sites for hydroxylation is 1. The van der Waals surface area contributed by atoms with Gasteiger partial charge in [0, 0.05) is 25.2 Å². The number of nitrogens with two attached hydrogens (primary N) is 1. The molecule has 0 saturated carbocycles. The van der Waals surface area contributed by atoms with Crippen molar-refractivity contribution in [2.75, 3.05) is 33.7 Å². The summed E-state index contributed by atoms with van der Waals surface area (Å²) >= 11 is 5.03. The van der Waals surface area contributed by atoms with Crippen molar-refractivity contribution in [2.45, 2.75) is 26.8 Å². The Balaban J connectivity index is 2.74. The molecule has 4 heteroatoms. The summed E-state index contributed by atoms with van der Waals surface area (Å²) in [4.78, 5) is 5.20. The van der Waals surface area contributed by atoms with E-state index < -0.39 is 0 Å². The maximum atomic E-state index is 5.68. The highest BCUT2D eigenvalue weighted by Crippen LogP contribution is 2.14. The van der Waals surface area contributed by atoms with E-state index in [0.29, 0.717) is 4.99 Å². The van der Waals surface area contributed by atoms with Gasteiger partial charge in [0.15, 0.2) is 0 Å². The van der Waals surface area contributed by atoms with Crippen LogP contribution in [0.2, 0.25) is 0 Å². The van der Waals surface area contributed by atoms with Gasteiger partial charge < -0.3 is 10.6 Å². The van der Waals surface area contributed by atoms with Crippen LogP contribution in [0, 0.1) is 6.92 Å². The fraction of sp³-hybridized carbons (Fsp3) is 0.562. The lowest BCUT2D eigenvalue weighted by atomic mass is 10.0. The molecule has 0 bridgehead atoms. The average Bonchev–Trinajstić information content (AvgIpc) is 2.38. The first kappa shape index (κ1) is 17.1. The zero-order valence-electron chi connectivity index (χ0n) is 13.1. The van der Waals surface area contributed by atoms with Crippen molar-refractivity contribution in [3.05, 3.63) is 34.9 Å². The van der Waals surface area contributed by atoms with Gasteiger partial charge in [0.25, 0.3) is 0 Å². The Morgan fingerprint density at radius 3 is 2.40 bits per heavy atom. The van der Waals surface area contributed by atoms with Crippen LogP contribution in [0.5, 0.6) is 0 Å². The van der Waals surface area contributed by atoms with Crippen molar-refractivity contribution in [1.82, 2.24) is 9.80 Å². The van der Waals surface area contributed by atoms with Gasteiger partial charge in [-0.15, -0.1) is 0 Å². The molecule has 1 rings (SSSR count). The molecule has 0 aliphatic rings. The van der Waals surface area contributed by atoms with E-state index in [1.54, 1.807) is 0 Å². The molecule has 0 aromatic heterocycles. The number of benzene rings is 1. The van der Waals surface area contributed by atoms with Crippen molar-refractivity contribution in [3.8, 4) is 0 Å². The first-order chi connectivity index (χ1) is 9.43. The van der Waals surface area contributed by atoms with Crippen LogP contribution in [0.15, 0.2) is 18.2 Å². The van der Waals surface area contributed by atoms with E-state index in [0.717, 1.165) is 31.7 Å². The summed E-state index contributed by atoms with van der Waals surface area (Å²) in [6.07, 6.45) is 1.18. The second-order valence-corrected chi connectivity index (χ2v) is 6.02. The van der Waals surface area contributed by atoms with Crippen molar-refractivity contribution in [1.29, 1.82) is 0 Å². The van der Waals surface area contributed by atoms with Gasteiger partial charge >= 0.3 is 0 Å².